The summed E-state index contributed by atoms with van der Waals surface area (Å²) < 4.78 is 5.42. The Labute approximate surface area is 150 Å². The van der Waals surface area contributed by atoms with Gasteiger partial charge in [0.2, 0.25) is 0 Å². The normalized spacial score (nSPS) is 15.3. The van der Waals surface area contributed by atoms with E-state index in [1.807, 2.05) is 38.1 Å². The summed E-state index contributed by atoms with van der Waals surface area (Å²) in [4.78, 5) is 11.6. The minimum Gasteiger partial charge on any atom is -0.438 e. The van der Waals surface area contributed by atoms with Gasteiger partial charge in [0.25, 0.3) is 0 Å². The molecule has 1 heterocycles. The number of carbonyl (C=O) groups is 1. The van der Waals surface area contributed by atoms with Crippen molar-refractivity contribution in [3.63, 3.8) is 0 Å². The largest absolute Gasteiger partial charge is 0.438 e. The van der Waals surface area contributed by atoms with Crippen LogP contribution in [0.3, 0.4) is 0 Å². The molecule has 0 spiro atoms. The number of nitrogens with one attached hydrogen (secondary N) is 1. The molecule has 0 saturated heterocycles. The number of anilines is 1. The molecule has 1 N–H and O–H groups in total. The molecule has 0 bridgehead atoms. The predicted molar refractivity (Wildman–Crippen MR) is 105 cm³/mol. The third kappa shape index (κ3) is 3.94. The molecule has 0 aromatic heterocycles. The summed E-state index contributed by atoms with van der Waals surface area (Å²) in [6.07, 6.45) is -0.408. The van der Waals surface area contributed by atoms with Gasteiger partial charge < -0.3 is 4.74 Å². The molecule has 1 amide bonds. The smallest absolute Gasteiger partial charge is 0.412 e. The molecule has 25 heavy (non-hydrogen) atoms. The summed E-state index contributed by atoms with van der Waals surface area (Å²) in [5.74, 6) is 3.31. The maximum absolute atomic E-state index is 11.6. The second-order valence-corrected chi connectivity index (χ2v) is 12.6. The Morgan fingerprint density at radius 1 is 1.04 bits per heavy atom. The number of cyclic esters (lactones) is 1. The molecule has 0 unspecified atom stereocenters. The molecule has 1 aliphatic heterocycles. The average molecular weight is 350 g/mol. The van der Waals surface area contributed by atoms with Crippen LogP contribution in [0.5, 0.6) is 0 Å². The van der Waals surface area contributed by atoms with Gasteiger partial charge in [0.05, 0.1) is 5.69 Å². The fourth-order valence-corrected chi connectivity index (χ4v) is 3.31. The lowest BCUT2D eigenvalue weighted by Crippen LogP contribution is -2.34. The summed E-state index contributed by atoms with van der Waals surface area (Å²) in [6, 6.07) is 14.3. The topological polar surface area (TPSA) is 38.3 Å². The van der Waals surface area contributed by atoms with E-state index in [9.17, 15) is 4.79 Å². The van der Waals surface area contributed by atoms with Crippen LogP contribution in [-0.2, 0) is 10.3 Å². The third-order valence-electron chi connectivity index (χ3n) is 4.03. The lowest BCUT2D eigenvalue weighted by Gasteiger charge is -2.32. The van der Waals surface area contributed by atoms with Crippen molar-refractivity contribution < 1.29 is 9.53 Å². The van der Waals surface area contributed by atoms with Gasteiger partial charge in [-0.25, -0.2) is 4.79 Å². The molecular formula is C21H23NO2Si. The highest BCUT2D eigenvalue weighted by Gasteiger charge is 2.33. The molecule has 1 aliphatic rings. The zero-order valence-corrected chi connectivity index (χ0v) is 16.4. The van der Waals surface area contributed by atoms with Crippen molar-refractivity contribution in [2.45, 2.75) is 39.1 Å². The van der Waals surface area contributed by atoms with Gasteiger partial charge in [0.15, 0.2) is 0 Å². The van der Waals surface area contributed by atoms with Gasteiger partial charge in [0.1, 0.15) is 13.7 Å². The van der Waals surface area contributed by atoms with E-state index in [-0.39, 0.29) is 0 Å². The van der Waals surface area contributed by atoms with E-state index in [4.69, 9.17) is 4.74 Å². The van der Waals surface area contributed by atoms with Crippen LogP contribution in [0.2, 0.25) is 19.6 Å². The van der Waals surface area contributed by atoms with Gasteiger partial charge in [-0.3, -0.25) is 5.32 Å². The van der Waals surface area contributed by atoms with E-state index < -0.39 is 19.8 Å². The van der Waals surface area contributed by atoms with E-state index in [1.54, 1.807) is 0 Å². The van der Waals surface area contributed by atoms with Gasteiger partial charge in [-0.2, -0.15) is 0 Å². The van der Waals surface area contributed by atoms with Crippen molar-refractivity contribution in [3.8, 4) is 22.6 Å². The van der Waals surface area contributed by atoms with Crippen LogP contribution in [0.25, 0.3) is 11.1 Å². The van der Waals surface area contributed by atoms with E-state index in [0.29, 0.717) is 0 Å². The minimum absolute atomic E-state index is 0.408. The zero-order chi connectivity index (χ0) is 18.2. The Balaban J connectivity index is 2.01. The van der Waals surface area contributed by atoms with Crippen molar-refractivity contribution in [2.24, 2.45) is 0 Å². The van der Waals surface area contributed by atoms with Crippen LogP contribution in [0.15, 0.2) is 42.5 Å². The first-order chi connectivity index (χ1) is 11.6. The van der Waals surface area contributed by atoms with E-state index in [0.717, 1.165) is 27.9 Å². The van der Waals surface area contributed by atoms with Crippen molar-refractivity contribution >= 4 is 19.9 Å². The van der Waals surface area contributed by atoms with Crippen molar-refractivity contribution in [1.82, 2.24) is 0 Å². The van der Waals surface area contributed by atoms with E-state index in [2.05, 4.69) is 54.6 Å². The van der Waals surface area contributed by atoms with Crippen LogP contribution in [0, 0.1) is 11.5 Å². The predicted octanol–water partition coefficient (Wildman–Crippen LogP) is 5.38. The molecule has 128 valence electrons. The summed E-state index contributed by atoms with van der Waals surface area (Å²) >= 11 is 0. The van der Waals surface area contributed by atoms with Gasteiger partial charge >= 0.3 is 6.09 Å². The summed E-state index contributed by atoms with van der Waals surface area (Å²) in [5, 5.41) is 2.76. The Morgan fingerprint density at radius 3 is 2.48 bits per heavy atom. The first kappa shape index (κ1) is 17.3. The van der Waals surface area contributed by atoms with Crippen molar-refractivity contribution in [1.29, 1.82) is 0 Å². The van der Waals surface area contributed by atoms with Crippen molar-refractivity contribution in [2.75, 3.05) is 5.32 Å². The molecule has 2 aromatic carbocycles. The SMILES string of the molecule is CC1(C)OC(=O)Nc2ccc(-c3cccc(C#C[Si](C)(C)C)c3)cc21. The van der Waals surface area contributed by atoms with Crippen LogP contribution in [0.4, 0.5) is 10.5 Å². The van der Waals surface area contributed by atoms with Gasteiger partial charge in [-0.15, -0.1) is 5.54 Å². The Hall–Kier alpha value is -2.51. The highest BCUT2D eigenvalue weighted by Crippen LogP contribution is 2.38. The highest BCUT2D eigenvalue weighted by molar-refractivity contribution is 6.83. The van der Waals surface area contributed by atoms with Gasteiger partial charge in [0, 0.05) is 11.1 Å². The number of amides is 1. The quantitative estimate of drug-likeness (QED) is 0.554. The van der Waals surface area contributed by atoms with E-state index in [1.165, 1.54) is 0 Å². The molecule has 0 fully saturated rings. The Bertz CT molecular complexity index is 898. The minimum atomic E-state index is -1.40. The summed E-state index contributed by atoms with van der Waals surface area (Å²) in [7, 11) is -1.40. The Kier molecular flexibility index (Phi) is 4.22. The fourth-order valence-electron chi connectivity index (χ4n) is 2.79. The van der Waals surface area contributed by atoms with Crippen molar-refractivity contribution in [3.05, 3.63) is 53.6 Å². The lowest BCUT2D eigenvalue weighted by molar-refractivity contribution is 0.0421. The summed E-state index contributed by atoms with van der Waals surface area (Å²) in [6.45, 7) is 10.5. The van der Waals surface area contributed by atoms with E-state index >= 15 is 0 Å². The second kappa shape index (κ2) is 6.09. The molecule has 0 radical (unpaired) electrons. The standard InChI is InChI=1S/C21H23NO2Si/c1-21(2)18-14-17(9-10-19(18)22-20(23)24-21)16-8-6-7-15(13-16)11-12-25(3,4)5/h6-10,13-14H,1-5H3,(H,22,23). The molecule has 2 aromatic rings. The molecule has 0 atom stereocenters. The van der Waals surface area contributed by atoms with Crippen LogP contribution in [0.1, 0.15) is 25.0 Å². The first-order valence-electron chi connectivity index (χ1n) is 8.42. The van der Waals surface area contributed by atoms with Crippen LogP contribution in [-0.4, -0.2) is 14.2 Å². The number of rotatable bonds is 1. The lowest BCUT2D eigenvalue weighted by atomic mass is 9.91. The molecule has 3 rings (SSSR count). The average Bonchev–Trinajstić information content (AvgIpc) is 2.51. The molecule has 0 saturated carbocycles. The highest BCUT2D eigenvalue weighted by atomic mass is 28.3. The second-order valence-electron chi connectivity index (χ2n) is 7.87. The number of ether oxygens (including phenoxy) is 1. The number of hydrogen-bond donors (Lipinski definition) is 1. The molecule has 4 heteroatoms. The first-order valence-corrected chi connectivity index (χ1v) is 11.9. The number of benzene rings is 2. The molecule has 0 aliphatic carbocycles. The maximum atomic E-state index is 11.6. The molecule has 3 nitrogen and oxygen atoms in total. The monoisotopic (exact) mass is 349 g/mol. The Morgan fingerprint density at radius 2 is 1.76 bits per heavy atom. The third-order valence-corrected chi connectivity index (χ3v) is 4.91. The van der Waals surface area contributed by atoms with Gasteiger partial charge in [-0.1, -0.05) is 43.8 Å². The van der Waals surface area contributed by atoms with Crippen LogP contribution >= 0.6 is 0 Å². The number of carbonyl (C=O) groups excluding carboxylic acids is 1. The number of fused-ring (bicyclic) bond motifs is 1. The zero-order valence-electron chi connectivity index (χ0n) is 15.4. The fraction of sp³-hybridized carbons (Fsp3) is 0.286. The number of hydrogen-bond acceptors (Lipinski definition) is 2. The van der Waals surface area contributed by atoms with Gasteiger partial charge in [-0.05, 0) is 49.2 Å². The maximum Gasteiger partial charge on any atom is 0.412 e. The molecular weight excluding hydrogens is 326 g/mol. The summed E-state index contributed by atoms with van der Waals surface area (Å²) in [5.41, 5.74) is 7.76. The van der Waals surface area contributed by atoms with Crippen LogP contribution < -0.4 is 5.32 Å².